The van der Waals surface area contributed by atoms with E-state index in [2.05, 4.69) is 16.0 Å². The van der Waals surface area contributed by atoms with Crippen LogP contribution >= 0.6 is 0 Å². The summed E-state index contributed by atoms with van der Waals surface area (Å²) in [6.07, 6.45) is 2.45. The number of benzene rings is 1. The maximum Gasteiger partial charge on any atom is 0.228 e. The van der Waals surface area contributed by atoms with Crippen molar-refractivity contribution < 1.29 is 9.59 Å². The Bertz CT molecular complexity index is 536. The molecule has 0 radical (unpaired) electrons. The van der Waals surface area contributed by atoms with Gasteiger partial charge in [0.25, 0.3) is 0 Å². The first-order chi connectivity index (χ1) is 9.72. The third-order valence-electron chi connectivity index (χ3n) is 3.93. The van der Waals surface area contributed by atoms with Crippen molar-refractivity contribution in [2.45, 2.75) is 25.8 Å². The molecule has 1 atom stereocenters. The second-order valence-corrected chi connectivity index (χ2v) is 5.48. The summed E-state index contributed by atoms with van der Waals surface area (Å²) in [6.45, 7) is 2.31. The number of rotatable bonds is 3. The van der Waals surface area contributed by atoms with Gasteiger partial charge in [-0.05, 0) is 36.6 Å². The molecule has 5 nitrogen and oxygen atoms in total. The lowest BCUT2D eigenvalue weighted by molar-refractivity contribution is -0.125. The monoisotopic (exact) mass is 273 g/mol. The van der Waals surface area contributed by atoms with Gasteiger partial charge in [-0.1, -0.05) is 12.1 Å². The lowest BCUT2D eigenvalue weighted by atomic mass is 9.98. The molecule has 0 aliphatic carbocycles. The van der Waals surface area contributed by atoms with Crippen LogP contribution in [0.25, 0.3) is 0 Å². The molecule has 20 heavy (non-hydrogen) atoms. The molecule has 5 heteroatoms. The van der Waals surface area contributed by atoms with Gasteiger partial charge in [0, 0.05) is 18.8 Å². The quantitative estimate of drug-likeness (QED) is 0.763. The Hall–Kier alpha value is -1.88. The van der Waals surface area contributed by atoms with E-state index >= 15 is 0 Å². The molecule has 2 aliphatic heterocycles. The highest BCUT2D eigenvalue weighted by Gasteiger charge is 2.21. The van der Waals surface area contributed by atoms with Crippen molar-refractivity contribution in [3.8, 4) is 0 Å². The Balaban J connectivity index is 1.57. The first-order valence-electron chi connectivity index (χ1n) is 7.12. The lowest BCUT2D eigenvalue weighted by Gasteiger charge is -2.21. The normalized spacial score (nSPS) is 21.2. The fourth-order valence-corrected chi connectivity index (χ4v) is 2.80. The minimum absolute atomic E-state index is 0.0365. The third-order valence-corrected chi connectivity index (χ3v) is 3.93. The summed E-state index contributed by atoms with van der Waals surface area (Å²) < 4.78 is 0. The summed E-state index contributed by atoms with van der Waals surface area (Å²) in [5, 5.41) is 9.04. The van der Waals surface area contributed by atoms with E-state index in [9.17, 15) is 9.59 Å². The van der Waals surface area contributed by atoms with Gasteiger partial charge in [-0.3, -0.25) is 9.59 Å². The van der Waals surface area contributed by atoms with Crippen molar-refractivity contribution >= 4 is 17.5 Å². The van der Waals surface area contributed by atoms with Crippen LogP contribution in [0.3, 0.4) is 0 Å². The van der Waals surface area contributed by atoms with Crippen LogP contribution in [0.4, 0.5) is 5.69 Å². The zero-order valence-corrected chi connectivity index (χ0v) is 11.4. The summed E-state index contributed by atoms with van der Waals surface area (Å²) >= 11 is 0. The van der Waals surface area contributed by atoms with Crippen molar-refractivity contribution in [2.75, 3.05) is 18.4 Å². The van der Waals surface area contributed by atoms with E-state index in [-0.39, 0.29) is 17.7 Å². The number of amides is 2. The predicted octanol–water partition coefficient (Wildman–Crippen LogP) is 0.797. The molecule has 106 valence electrons. The van der Waals surface area contributed by atoms with Gasteiger partial charge >= 0.3 is 0 Å². The zero-order chi connectivity index (χ0) is 13.9. The van der Waals surface area contributed by atoms with Crippen LogP contribution < -0.4 is 16.0 Å². The highest BCUT2D eigenvalue weighted by Crippen LogP contribution is 2.23. The Labute approximate surface area is 118 Å². The van der Waals surface area contributed by atoms with Crippen LogP contribution in [-0.4, -0.2) is 24.9 Å². The molecule has 0 spiro atoms. The SMILES string of the molecule is O=C1Cc2cc(CNC(=O)C3CCCNC3)ccc2N1. The first-order valence-corrected chi connectivity index (χ1v) is 7.12. The molecule has 3 N–H and O–H groups in total. The van der Waals surface area contributed by atoms with E-state index in [4.69, 9.17) is 0 Å². The number of carbonyl (C=O) groups excluding carboxylic acids is 2. The Morgan fingerprint density at radius 2 is 2.30 bits per heavy atom. The molecule has 1 saturated heterocycles. The largest absolute Gasteiger partial charge is 0.352 e. The van der Waals surface area contributed by atoms with E-state index in [0.717, 1.165) is 42.7 Å². The first kappa shape index (κ1) is 13.1. The van der Waals surface area contributed by atoms with E-state index in [1.54, 1.807) is 0 Å². The minimum Gasteiger partial charge on any atom is -0.352 e. The fourth-order valence-electron chi connectivity index (χ4n) is 2.80. The van der Waals surface area contributed by atoms with Crippen molar-refractivity contribution in [2.24, 2.45) is 5.92 Å². The van der Waals surface area contributed by atoms with Gasteiger partial charge in [-0.25, -0.2) is 0 Å². The van der Waals surface area contributed by atoms with Crippen LogP contribution in [0.1, 0.15) is 24.0 Å². The summed E-state index contributed by atoms with van der Waals surface area (Å²) in [4.78, 5) is 23.3. The van der Waals surface area contributed by atoms with Crippen LogP contribution in [0, 0.1) is 5.92 Å². The highest BCUT2D eigenvalue weighted by molar-refractivity contribution is 5.99. The lowest BCUT2D eigenvalue weighted by Crippen LogP contribution is -2.40. The van der Waals surface area contributed by atoms with E-state index in [1.165, 1.54) is 0 Å². The van der Waals surface area contributed by atoms with Crippen LogP contribution in [0.15, 0.2) is 18.2 Å². The predicted molar refractivity (Wildman–Crippen MR) is 76.2 cm³/mol. The van der Waals surface area contributed by atoms with E-state index in [1.807, 2.05) is 18.2 Å². The number of hydrogen-bond donors (Lipinski definition) is 3. The Morgan fingerprint density at radius 3 is 3.10 bits per heavy atom. The number of nitrogens with one attached hydrogen (secondary N) is 3. The van der Waals surface area contributed by atoms with Crippen molar-refractivity contribution in [3.05, 3.63) is 29.3 Å². The van der Waals surface area contributed by atoms with Gasteiger partial charge in [-0.2, -0.15) is 0 Å². The summed E-state index contributed by atoms with van der Waals surface area (Å²) in [6, 6.07) is 5.85. The van der Waals surface area contributed by atoms with Crippen molar-refractivity contribution in [1.82, 2.24) is 10.6 Å². The summed E-state index contributed by atoms with van der Waals surface area (Å²) in [7, 11) is 0. The van der Waals surface area contributed by atoms with Gasteiger partial charge in [0.05, 0.1) is 12.3 Å². The van der Waals surface area contributed by atoms with Crippen molar-refractivity contribution in [3.63, 3.8) is 0 Å². The second-order valence-electron chi connectivity index (χ2n) is 5.48. The van der Waals surface area contributed by atoms with Crippen molar-refractivity contribution in [1.29, 1.82) is 0 Å². The molecule has 2 amide bonds. The minimum atomic E-state index is 0.0365. The maximum atomic E-state index is 12.0. The Morgan fingerprint density at radius 1 is 1.40 bits per heavy atom. The van der Waals surface area contributed by atoms with Gasteiger partial charge in [0.2, 0.25) is 11.8 Å². The van der Waals surface area contributed by atoms with Crippen LogP contribution in [0.5, 0.6) is 0 Å². The molecule has 2 heterocycles. The average Bonchev–Trinajstić information content (AvgIpc) is 2.85. The molecule has 0 bridgehead atoms. The van der Waals surface area contributed by atoms with Gasteiger partial charge in [0.1, 0.15) is 0 Å². The van der Waals surface area contributed by atoms with E-state index < -0.39 is 0 Å². The number of piperidine rings is 1. The smallest absolute Gasteiger partial charge is 0.228 e. The molecule has 3 rings (SSSR count). The van der Waals surface area contributed by atoms with E-state index in [0.29, 0.717) is 13.0 Å². The summed E-state index contributed by atoms with van der Waals surface area (Å²) in [5.41, 5.74) is 2.94. The molecular formula is C15H19N3O2. The van der Waals surface area contributed by atoms with Gasteiger partial charge in [-0.15, -0.1) is 0 Å². The highest BCUT2D eigenvalue weighted by atomic mass is 16.2. The maximum absolute atomic E-state index is 12.0. The molecule has 1 fully saturated rings. The van der Waals surface area contributed by atoms with Gasteiger partial charge < -0.3 is 16.0 Å². The molecule has 1 aromatic rings. The zero-order valence-electron chi connectivity index (χ0n) is 11.4. The standard InChI is InChI=1S/C15H19N3O2/c19-14-7-12-6-10(3-4-13(12)18-14)8-17-15(20)11-2-1-5-16-9-11/h3-4,6,11,16H,1-2,5,7-9H2,(H,17,20)(H,18,19). The molecule has 0 saturated carbocycles. The molecule has 1 aromatic carbocycles. The molecular weight excluding hydrogens is 254 g/mol. The third kappa shape index (κ3) is 2.82. The summed E-state index contributed by atoms with van der Waals surface area (Å²) in [5.74, 6) is 0.239. The van der Waals surface area contributed by atoms with Crippen LogP contribution in [0.2, 0.25) is 0 Å². The molecule has 0 aromatic heterocycles. The number of anilines is 1. The molecule has 2 aliphatic rings. The fraction of sp³-hybridized carbons (Fsp3) is 0.467. The molecule has 1 unspecified atom stereocenters. The second kappa shape index (κ2) is 5.63. The topological polar surface area (TPSA) is 70.2 Å². The average molecular weight is 273 g/mol. The van der Waals surface area contributed by atoms with Gasteiger partial charge in [0.15, 0.2) is 0 Å². The van der Waals surface area contributed by atoms with Crippen LogP contribution in [-0.2, 0) is 22.6 Å². The number of fused-ring (bicyclic) bond motifs is 1. The number of hydrogen-bond acceptors (Lipinski definition) is 3. The Kier molecular flexibility index (Phi) is 3.69. The number of carbonyl (C=O) groups is 2.